The summed E-state index contributed by atoms with van der Waals surface area (Å²) in [5, 5.41) is 0.149. The SMILES string of the molecule is CCC1CN(C(CN)c2ccc(F)c(Cl)c2)CCO1. The zero-order valence-corrected chi connectivity index (χ0v) is 11.9. The van der Waals surface area contributed by atoms with Crippen LogP contribution in [0.2, 0.25) is 5.02 Å². The van der Waals surface area contributed by atoms with Crippen molar-refractivity contribution in [2.45, 2.75) is 25.5 Å². The average Bonchev–Trinajstić information content (AvgIpc) is 2.44. The Morgan fingerprint density at radius 3 is 3.00 bits per heavy atom. The van der Waals surface area contributed by atoms with Gasteiger partial charge in [0.1, 0.15) is 5.82 Å². The van der Waals surface area contributed by atoms with E-state index in [1.54, 1.807) is 12.1 Å². The van der Waals surface area contributed by atoms with Crippen LogP contribution in [0, 0.1) is 5.82 Å². The summed E-state index contributed by atoms with van der Waals surface area (Å²) in [6.07, 6.45) is 1.23. The van der Waals surface area contributed by atoms with Crippen LogP contribution in [-0.2, 0) is 4.74 Å². The van der Waals surface area contributed by atoms with Crippen LogP contribution in [0.25, 0.3) is 0 Å². The van der Waals surface area contributed by atoms with Gasteiger partial charge in [-0.2, -0.15) is 0 Å². The summed E-state index contributed by atoms with van der Waals surface area (Å²) >= 11 is 5.85. The Balaban J connectivity index is 2.16. The van der Waals surface area contributed by atoms with Crippen molar-refractivity contribution in [2.75, 3.05) is 26.2 Å². The van der Waals surface area contributed by atoms with Gasteiger partial charge in [0.2, 0.25) is 0 Å². The molecule has 1 fully saturated rings. The predicted molar refractivity (Wildman–Crippen MR) is 74.8 cm³/mol. The number of hydrogen-bond donors (Lipinski definition) is 1. The first-order valence-electron chi connectivity index (χ1n) is 6.66. The Hall–Kier alpha value is -0.680. The van der Waals surface area contributed by atoms with Crippen LogP contribution < -0.4 is 5.73 Å². The van der Waals surface area contributed by atoms with Gasteiger partial charge in [-0.15, -0.1) is 0 Å². The number of morpholine rings is 1. The van der Waals surface area contributed by atoms with E-state index in [-0.39, 0.29) is 17.2 Å². The van der Waals surface area contributed by atoms with Crippen molar-refractivity contribution in [3.63, 3.8) is 0 Å². The lowest BCUT2D eigenvalue weighted by Gasteiger charge is -2.38. The predicted octanol–water partition coefficient (Wildman–Crippen LogP) is 2.59. The molecule has 106 valence electrons. The van der Waals surface area contributed by atoms with Crippen molar-refractivity contribution in [2.24, 2.45) is 5.73 Å². The second kappa shape index (κ2) is 6.66. The molecule has 0 aliphatic carbocycles. The summed E-state index contributed by atoms with van der Waals surface area (Å²) in [5.74, 6) is -0.394. The van der Waals surface area contributed by atoms with Gasteiger partial charge in [-0.25, -0.2) is 4.39 Å². The van der Waals surface area contributed by atoms with E-state index in [0.29, 0.717) is 13.2 Å². The first-order chi connectivity index (χ1) is 9.15. The maximum Gasteiger partial charge on any atom is 0.141 e. The lowest BCUT2D eigenvalue weighted by atomic mass is 10.0. The number of nitrogens with two attached hydrogens (primary N) is 1. The molecule has 1 aliphatic heterocycles. The summed E-state index contributed by atoms with van der Waals surface area (Å²) in [6.45, 7) is 5.00. The molecule has 2 atom stereocenters. The van der Waals surface area contributed by atoms with Crippen LogP contribution in [0.5, 0.6) is 0 Å². The first-order valence-corrected chi connectivity index (χ1v) is 7.04. The highest BCUT2D eigenvalue weighted by atomic mass is 35.5. The van der Waals surface area contributed by atoms with E-state index < -0.39 is 5.82 Å². The minimum atomic E-state index is -0.394. The van der Waals surface area contributed by atoms with E-state index >= 15 is 0 Å². The fourth-order valence-electron chi connectivity index (χ4n) is 2.49. The molecule has 3 nitrogen and oxygen atoms in total. The third kappa shape index (κ3) is 3.45. The molecule has 2 rings (SSSR count). The van der Waals surface area contributed by atoms with Crippen molar-refractivity contribution in [3.05, 3.63) is 34.6 Å². The van der Waals surface area contributed by atoms with Crippen molar-refractivity contribution in [3.8, 4) is 0 Å². The molecule has 0 saturated carbocycles. The molecule has 0 spiro atoms. The van der Waals surface area contributed by atoms with Crippen LogP contribution in [0.15, 0.2) is 18.2 Å². The third-order valence-corrected chi connectivity index (χ3v) is 3.91. The standard InChI is InChI=1S/C14H20ClFN2O/c1-2-11-9-18(5-6-19-11)14(8-17)10-3-4-13(16)12(15)7-10/h3-4,7,11,14H,2,5-6,8-9,17H2,1H3. The summed E-state index contributed by atoms with van der Waals surface area (Å²) in [5.41, 5.74) is 6.85. The van der Waals surface area contributed by atoms with E-state index in [1.165, 1.54) is 6.07 Å². The summed E-state index contributed by atoms with van der Waals surface area (Å²) in [4.78, 5) is 2.29. The summed E-state index contributed by atoms with van der Waals surface area (Å²) < 4.78 is 18.9. The van der Waals surface area contributed by atoms with Gasteiger partial charge in [-0.1, -0.05) is 24.6 Å². The Kier molecular flexibility index (Phi) is 5.16. The van der Waals surface area contributed by atoms with Crippen LogP contribution in [-0.4, -0.2) is 37.2 Å². The van der Waals surface area contributed by atoms with E-state index in [2.05, 4.69) is 11.8 Å². The summed E-state index contributed by atoms with van der Waals surface area (Å²) in [7, 11) is 0. The molecule has 0 radical (unpaired) electrons. The number of nitrogens with zero attached hydrogens (tertiary/aromatic N) is 1. The smallest absolute Gasteiger partial charge is 0.141 e. The first kappa shape index (κ1) is 14.7. The molecule has 0 amide bonds. The zero-order valence-electron chi connectivity index (χ0n) is 11.1. The van der Waals surface area contributed by atoms with E-state index in [4.69, 9.17) is 22.1 Å². The topological polar surface area (TPSA) is 38.5 Å². The molecule has 1 saturated heterocycles. The lowest BCUT2D eigenvalue weighted by Crippen LogP contribution is -2.46. The fourth-order valence-corrected chi connectivity index (χ4v) is 2.68. The number of hydrogen-bond acceptors (Lipinski definition) is 3. The molecule has 0 bridgehead atoms. The van der Waals surface area contributed by atoms with Gasteiger partial charge in [0.25, 0.3) is 0 Å². The highest BCUT2D eigenvalue weighted by Crippen LogP contribution is 2.26. The quantitative estimate of drug-likeness (QED) is 0.925. The van der Waals surface area contributed by atoms with Gasteiger partial charge in [-0.05, 0) is 24.1 Å². The van der Waals surface area contributed by atoms with Crippen molar-refractivity contribution < 1.29 is 9.13 Å². The molecular weight excluding hydrogens is 267 g/mol. The van der Waals surface area contributed by atoms with Gasteiger partial charge in [-0.3, -0.25) is 4.90 Å². The number of halogens is 2. The maximum absolute atomic E-state index is 13.2. The molecule has 1 aromatic rings. The van der Waals surface area contributed by atoms with E-state index in [1.807, 2.05) is 0 Å². The Morgan fingerprint density at radius 2 is 2.37 bits per heavy atom. The molecule has 1 aromatic carbocycles. The Labute approximate surface area is 118 Å². The van der Waals surface area contributed by atoms with E-state index in [9.17, 15) is 4.39 Å². The summed E-state index contributed by atoms with van der Waals surface area (Å²) in [6, 6.07) is 4.90. The minimum absolute atomic E-state index is 0.0658. The molecular formula is C14H20ClFN2O. The van der Waals surface area contributed by atoms with Crippen LogP contribution >= 0.6 is 11.6 Å². The molecule has 1 heterocycles. The van der Waals surface area contributed by atoms with Crippen molar-refractivity contribution in [1.29, 1.82) is 0 Å². The van der Waals surface area contributed by atoms with Gasteiger partial charge >= 0.3 is 0 Å². The molecule has 1 aliphatic rings. The second-order valence-corrected chi connectivity index (χ2v) is 5.23. The Morgan fingerprint density at radius 1 is 1.58 bits per heavy atom. The lowest BCUT2D eigenvalue weighted by molar-refractivity contribution is -0.0437. The third-order valence-electron chi connectivity index (χ3n) is 3.62. The van der Waals surface area contributed by atoms with Crippen LogP contribution in [0.1, 0.15) is 24.9 Å². The number of rotatable bonds is 4. The van der Waals surface area contributed by atoms with Gasteiger partial charge in [0, 0.05) is 25.7 Å². The average molecular weight is 287 g/mol. The zero-order chi connectivity index (χ0) is 13.8. The molecule has 19 heavy (non-hydrogen) atoms. The molecule has 2 unspecified atom stereocenters. The maximum atomic E-state index is 13.2. The van der Waals surface area contributed by atoms with Crippen LogP contribution in [0.4, 0.5) is 4.39 Å². The minimum Gasteiger partial charge on any atom is -0.376 e. The normalized spacial score (nSPS) is 22.4. The van der Waals surface area contributed by atoms with Gasteiger partial charge in [0.15, 0.2) is 0 Å². The van der Waals surface area contributed by atoms with Crippen molar-refractivity contribution in [1.82, 2.24) is 4.90 Å². The number of ether oxygens (including phenoxy) is 1. The highest BCUT2D eigenvalue weighted by Gasteiger charge is 2.26. The fraction of sp³-hybridized carbons (Fsp3) is 0.571. The van der Waals surface area contributed by atoms with E-state index in [0.717, 1.165) is 25.1 Å². The van der Waals surface area contributed by atoms with Gasteiger partial charge in [0.05, 0.1) is 17.7 Å². The Bertz CT molecular complexity index is 430. The second-order valence-electron chi connectivity index (χ2n) is 4.82. The molecule has 5 heteroatoms. The van der Waals surface area contributed by atoms with Crippen LogP contribution in [0.3, 0.4) is 0 Å². The van der Waals surface area contributed by atoms with Crippen molar-refractivity contribution >= 4 is 11.6 Å². The molecule has 0 aromatic heterocycles. The largest absolute Gasteiger partial charge is 0.376 e. The highest BCUT2D eigenvalue weighted by molar-refractivity contribution is 6.30. The number of benzene rings is 1. The molecule has 2 N–H and O–H groups in total. The van der Waals surface area contributed by atoms with Gasteiger partial charge < -0.3 is 10.5 Å². The monoisotopic (exact) mass is 286 g/mol.